The molecule has 2 rings (SSSR count). The SMILES string of the molecule is CC(C)c1ccnc(C#N)c1.COC(=O)c1cc(C(C)C)ccn1. The first kappa shape index (κ1) is 19.3. The number of pyridine rings is 2. The number of aromatic nitrogens is 2. The second kappa shape index (κ2) is 9.41. The van der Waals surface area contributed by atoms with Crippen molar-refractivity contribution >= 4 is 5.97 Å². The van der Waals surface area contributed by atoms with E-state index in [2.05, 4.69) is 42.4 Å². The zero-order valence-corrected chi connectivity index (χ0v) is 14.8. The molecular formula is C19H23N3O2. The van der Waals surface area contributed by atoms with Crippen molar-refractivity contribution in [2.75, 3.05) is 7.11 Å². The molecule has 0 spiro atoms. The average Bonchev–Trinajstić information content (AvgIpc) is 2.61. The van der Waals surface area contributed by atoms with Gasteiger partial charge >= 0.3 is 5.97 Å². The molecule has 5 nitrogen and oxygen atoms in total. The van der Waals surface area contributed by atoms with Crippen molar-refractivity contribution in [3.05, 3.63) is 59.2 Å². The van der Waals surface area contributed by atoms with Gasteiger partial charge in [0.2, 0.25) is 0 Å². The summed E-state index contributed by atoms with van der Waals surface area (Å²) in [6.45, 7) is 8.32. The molecule has 2 heterocycles. The fourth-order valence-electron chi connectivity index (χ4n) is 1.89. The van der Waals surface area contributed by atoms with E-state index in [1.54, 1.807) is 18.5 Å². The number of hydrogen-bond acceptors (Lipinski definition) is 5. The summed E-state index contributed by atoms with van der Waals surface area (Å²) in [5, 5.41) is 8.53. The Balaban J connectivity index is 0.000000243. The van der Waals surface area contributed by atoms with Gasteiger partial charge in [0.1, 0.15) is 17.5 Å². The molecule has 0 saturated heterocycles. The van der Waals surface area contributed by atoms with E-state index < -0.39 is 0 Å². The van der Waals surface area contributed by atoms with E-state index in [1.165, 1.54) is 7.11 Å². The Bertz CT molecular complexity index is 719. The molecular weight excluding hydrogens is 302 g/mol. The molecule has 2 aromatic rings. The summed E-state index contributed by atoms with van der Waals surface area (Å²) in [5.74, 6) is 0.471. The van der Waals surface area contributed by atoms with Crippen LogP contribution in [0.1, 0.15) is 66.8 Å². The minimum absolute atomic E-state index is 0.369. The first-order valence-corrected chi connectivity index (χ1v) is 7.79. The molecule has 24 heavy (non-hydrogen) atoms. The van der Waals surface area contributed by atoms with Crippen LogP contribution in [-0.4, -0.2) is 23.0 Å². The monoisotopic (exact) mass is 325 g/mol. The summed E-state index contributed by atoms with van der Waals surface area (Å²) < 4.78 is 4.57. The Morgan fingerprint density at radius 2 is 1.58 bits per heavy atom. The zero-order valence-electron chi connectivity index (χ0n) is 14.8. The third-order valence-electron chi connectivity index (χ3n) is 3.41. The van der Waals surface area contributed by atoms with Crippen molar-refractivity contribution < 1.29 is 9.53 Å². The standard InChI is InChI=1S/C10H13NO2.C9H10N2/c1-7(2)8-4-5-11-9(6-8)10(12)13-3;1-7(2)8-3-4-11-9(5-8)6-10/h4-7H,1-3H3;3-5,7H,1-2H3. The molecule has 0 aliphatic rings. The molecule has 0 N–H and O–H groups in total. The Labute approximate surface area is 143 Å². The molecule has 0 bridgehead atoms. The van der Waals surface area contributed by atoms with E-state index in [0.717, 1.165) is 11.1 Å². The normalized spacial score (nSPS) is 9.92. The number of methoxy groups -OCH3 is 1. The predicted molar refractivity (Wildman–Crippen MR) is 92.7 cm³/mol. The highest BCUT2D eigenvalue weighted by atomic mass is 16.5. The maximum Gasteiger partial charge on any atom is 0.356 e. The first-order chi connectivity index (χ1) is 11.4. The molecule has 2 aromatic heterocycles. The quantitative estimate of drug-likeness (QED) is 0.795. The van der Waals surface area contributed by atoms with E-state index in [9.17, 15) is 4.79 Å². The van der Waals surface area contributed by atoms with Crippen LogP contribution in [0.25, 0.3) is 0 Å². The van der Waals surface area contributed by atoms with Crippen LogP contribution in [0.3, 0.4) is 0 Å². The van der Waals surface area contributed by atoms with Gasteiger partial charge < -0.3 is 4.74 Å². The second-order valence-electron chi connectivity index (χ2n) is 5.86. The van der Waals surface area contributed by atoms with E-state index in [0.29, 0.717) is 23.2 Å². The Hall–Kier alpha value is -2.74. The van der Waals surface area contributed by atoms with E-state index >= 15 is 0 Å². The second-order valence-corrected chi connectivity index (χ2v) is 5.86. The van der Waals surface area contributed by atoms with Crippen molar-refractivity contribution in [3.63, 3.8) is 0 Å². The molecule has 0 amide bonds. The van der Waals surface area contributed by atoms with Crippen LogP contribution < -0.4 is 0 Å². The third-order valence-corrected chi connectivity index (χ3v) is 3.41. The average molecular weight is 325 g/mol. The lowest BCUT2D eigenvalue weighted by Gasteiger charge is -2.05. The van der Waals surface area contributed by atoms with E-state index in [4.69, 9.17) is 5.26 Å². The highest BCUT2D eigenvalue weighted by molar-refractivity contribution is 5.87. The van der Waals surface area contributed by atoms with Crippen LogP contribution in [0.15, 0.2) is 36.7 Å². The molecule has 0 unspecified atom stereocenters. The Kier molecular flexibility index (Phi) is 7.57. The van der Waals surface area contributed by atoms with Gasteiger partial charge in [-0.3, -0.25) is 0 Å². The number of carbonyl (C=O) groups excluding carboxylic acids is 1. The lowest BCUT2D eigenvalue weighted by molar-refractivity contribution is 0.0594. The number of nitrogens with zero attached hydrogens (tertiary/aromatic N) is 3. The van der Waals surface area contributed by atoms with Gasteiger partial charge in [-0.05, 0) is 47.2 Å². The molecule has 0 atom stereocenters. The smallest absolute Gasteiger partial charge is 0.356 e. The largest absolute Gasteiger partial charge is 0.464 e. The number of esters is 1. The van der Waals surface area contributed by atoms with Gasteiger partial charge in [0, 0.05) is 12.4 Å². The van der Waals surface area contributed by atoms with Crippen molar-refractivity contribution in [2.45, 2.75) is 39.5 Å². The number of rotatable bonds is 3. The summed E-state index contributed by atoms with van der Waals surface area (Å²) in [4.78, 5) is 18.9. The number of carbonyl (C=O) groups is 1. The molecule has 0 radical (unpaired) electrons. The summed E-state index contributed by atoms with van der Waals surface area (Å²) >= 11 is 0. The first-order valence-electron chi connectivity index (χ1n) is 7.79. The molecule has 0 saturated carbocycles. The van der Waals surface area contributed by atoms with Gasteiger partial charge in [-0.2, -0.15) is 5.26 Å². The molecule has 126 valence electrons. The minimum Gasteiger partial charge on any atom is -0.464 e. The van der Waals surface area contributed by atoms with Gasteiger partial charge in [0.05, 0.1) is 7.11 Å². The Morgan fingerprint density at radius 1 is 1.04 bits per heavy atom. The summed E-state index contributed by atoms with van der Waals surface area (Å²) in [5.41, 5.74) is 3.12. The summed E-state index contributed by atoms with van der Waals surface area (Å²) in [7, 11) is 1.35. The van der Waals surface area contributed by atoms with Gasteiger partial charge in [0.15, 0.2) is 0 Å². The van der Waals surface area contributed by atoms with Crippen molar-refractivity contribution in [2.24, 2.45) is 0 Å². The molecule has 0 fully saturated rings. The highest BCUT2D eigenvalue weighted by Crippen LogP contribution is 2.14. The maximum atomic E-state index is 11.1. The van der Waals surface area contributed by atoms with Gasteiger partial charge in [-0.25, -0.2) is 14.8 Å². The molecule has 0 aliphatic carbocycles. The lowest BCUT2D eigenvalue weighted by Crippen LogP contribution is -2.04. The van der Waals surface area contributed by atoms with E-state index in [-0.39, 0.29) is 5.97 Å². The van der Waals surface area contributed by atoms with Crippen LogP contribution in [-0.2, 0) is 4.74 Å². The van der Waals surface area contributed by atoms with E-state index in [1.807, 2.05) is 24.3 Å². The zero-order chi connectivity index (χ0) is 18.1. The van der Waals surface area contributed by atoms with Crippen LogP contribution in [0.2, 0.25) is 0 Å². The molecule has 0 aliphatic heterocycles. The van der Waals surface area contributed by atoms with Crippen LogP contribution in [0.5, 0.6) is 0 Å². The summed E-state index contributed by atoms with van der Waals surface area (Å²) in [6, 6.07) is 9.43. The number of nitriles is 1. The minimum atomic E-state index is -0.387. The van der Waals surface area contributed by atoms with Crippen molar-refractivity contribution in [3.8, 4) is 6.07 Å². The maximum absolute atomic E-state index is 11.1. The fourth-order valence-corrected chi connectivity index (χ4v) is 1.89. The third kappa shape index (κ3) is 5.81. The van der Waals surface area contributed by atoms with Gasteiger partial charge in [-0.15, -0.1) is 0 Å². The topological polar surface area (TPSA) is 75.9 Å². The molecule has 5 heteroatoms. The summed E-state index contributed by atoms with van der Waals surface area (Å²) in [6.07, 6.45) is 3.30. The number of ether oxygens (including phenoxy) is 1. The van der Waals surface area contributed by atoms with Gasteiger partial charge in [-0.1, -0.05) is 27.7 Å². The van der Waals surface area contributed by atoms with Crippen molar-refractivity contribution in [1.82, 2.24) is 9.97 Å². The lowest BCUT2D eigenvalue weighted by atomic mass is 10.0. The van der Waals surface area contributed by atoms with Gasteiger partial charge in [0.25, 0.3) is 0 Å². The highest BCUT2D eigenvalue weighted by Gasteiger charge is 2.08. The fraction of sp³-hybridized carbons (Fsp3) is 0.368. The van der Waals surface area contributed by atoms with Crippen LogP contribution in [0, 0.1) is 11.3 Å². The predicted octanol–water partition coefficient (Wildman–Crippen LogP) is 4.07. The van der Waals surface area contributed by atoms with Crippen molar-refractivity contribution in [1.29, 1.82) is 5.26 Å². The van der Waals surface area contributed by atoms with Crippen LogP contribution in [0.4, 0.5) is 0 Å². The molecule has 0 aromatic carbocycles. The Morgan fingerprint density at radius 3 is 2.08 bits per heavy atom. The number of hydrogen-bond donors (Lipinski definition) is 0. The van der Waals surface area contributed by atoms with Crippen LogP contribution >= 0.6 is 0 Å².